The summed E-state index contributed by atoms with van der Waals surface area (Å²) in [5.74, 6) is 0.595. The van der Waals surface area contributed by atoms with Crippen LogP contribution in [0.4, 0.5) is 0 Å². The average Bonchev–Trinajstić information content (AvgIpc) is 2.32. The summed E-state index contributed by atoms with van der Waals surface area (Å²) in [6.45, 7) is 16.2. The van der Waals surface area contributed by atoms with Crippen LogP contribution in [0.2, 0.25) is 0 Å². The largest absolute Gasteiger partial charge is 0.100 e. The van der Waals surface area contributed by atoms with Crippen LogP contribution in [0.15, 0.2) is 36.4 Å². The van der Waals surface area contributed by atoms with Gasteiger partial charge in [0, 0.05) is 0 Å². The fourth-order valence-corrected chi connectivity index (χ4v) is 1.62. The molecule has 0 N–H and O–H groups in total. The van der Waals surface area contributed by atoms with Gasteiger partial charge in [-0.2, -0.15) is 0 Å². The molecule has 18 heavy (non-hydrogen) atoms. The highest BCUT2D eigenvalue weighted by atomic mass is 32.1. The quantitative estimate of drug-likeness (QED) is 0.470. The zero-order valence-electron chi connectivity index (χ0n) is 12.8. The van der Waals surface area contributed by atoms with Crippen molar-refractivity contribution in [3.63, 3.8) is 0 Å². The molecule has 0 aromatic heterocycles. The molecule has 1 aromatic carbocycles. The molecule has 1 rings (SSSR count). The van der Waals surface area contributed by atoms with E-state index in [0.717, 1.165) is 6.42 Å². The highest BCUT2D eigenvalue weighted by Crippen LogP contribution is 2.22. The average molecular weight is 264 g/mol. The van der Waals surface area contributed by atoms with Crippen molar-refractivity contribution in [2.75, 3.05) is 0 Å². The molecule has 0 saturated heterocycles. The molecular formula is C17H28S. The zero-order valence-corrected chi connectivity index (χ0v) is 13.6. The van der Waals surface area contributed by atoms with Gasteiger partial charge in [-0.15, -0.1) is 6.58 Å². The zero-order chi connectivity index (χ0) is 14.6. The van der Waals surface area contributed by atoms with Crippen LogP contribution in [0, 0.1) is 6.92 Å². The topological polar surface area (TPSA) is 0 Å². The fraction of sp³-hybridized carbons (Fsp3) is 0.471. The number of hydrogen-bond donors (Lipinski definition) is 0. The van der Waals surface area contributed by atoms with Crippen LogP contribution in [0.1, 0.15) is 58.1 Å². The van der Waals surface area contributed by atoms with E-state index in [1.807, 2.05) is 20.8 Å². The molecule has 0 heterocycles. The van der Waals surface area contributed by atoms with E-state index in [0.29, 0.717) is 5.92 Å². The van der Waals surface area contributed by atoms with Crippen LogP contribution < -0.4 is 0 Å². The van der Waals surface area contributed by atoms with E-state index < -0.39 is 0 Å². The lowest BCUT2D eigenvalue weighted by Gasteiger charge is -2.11. The Morgan fingerprint density at radius 1 is 1.39 bits per heavy atom. The summed E-state index contributed by atoms with van der Waals surface area (Å²) in [5, 5.41) is 1.58. The molecule has 0 radical (unpaired) electrons. The number of thiocarbonyl (C=S) groups is 1. The maximum Gasteiger partial charge on any atom is -0.0153 e. The van der Waals surface area contributed by atoms with E-state index in [1.165, 1.54) is 16.7 Å². The molecule has 0 amide bonds. The van der Waals surface area contributed by atoms with Gasteiger partial charge in [0.25, 0.3) is 0 Å². The van der Waals surface area contributed by atoms with Crippen LogP contribution in [0.25, 0.3) is 0 Å². The number of hydrogen-bond acceptors (Lipinski definition) is 1. The molecule has 0 bridgehead atoms. The van der Waals surface area contributed by atoms with Gasteiger partial charge in [-0.3, -0.25) is 0 Å². The van der Waals surface area contributed by atoms with E-state index in [-0.39, 0.29) is 0 Å². The molecule has 1 unspecified atom stereocenters. The van der Waals surface area contributed by atoms with Crippen molar-refractivity contribution in [2.45, 2.75) is 53.9 Å². The van der Waals surface area contributed by atoms with Gasteiger partial charge in [0.15, 0.2) is 0 Å². The van der Waals surface area contributed by atoms with E-state index in [1.54, 1.807) is 5.37 Å². The smallest absolute Gasteiger partial charge is 0.0153 e. The summed E-state index contributed by atoms with van der Waals surface area (Å²) in [6, 6.07) is 8.71. The lowest BCUT2D eigenvalue weighted by Crippen LogP contribution is -1.94. The summed E-state index contributed by atoms with van der Waals surface area (Å²) in [5.41, 5.74) is 4.02. The van der Waals surface area contributed by atoms with Gasteiger partial charge < -0.3 is 0 Å². The maximum absolute atomic E-state index is 4.27. The van der Waals surface area contributed by atoms with E-state index in [9.17, 15) is 0 Å². The van der Waals surface area contributed by atoms with Crippen molar-refractivity contribution in [2.24, 2.45) is 0 Å². The molecule has 1 atom stereocenters. The van der Waals surface area contributed by atoms with E-state index >= 15 is 0 Å². The first-order valence-electron chi connectivity index (χ1n) is 6.62. The molecular weight excluding hydrogens is 236 g/mol. The molecule has 0 spiro atoms. The van der Waals surface area contributed by atoms with Crippen molar-refractivity contribution < 1.29 is 0 Å². The van der Waals surface area contributed by atoms with Gasteiger partial charge in [-0.05, 0) is 44.0 Å². The minimum absolute atomic E-state index is 0.595. The van der Waals surface area contributed by atoms with Crippen LogP contribution in [-0.2, 0) is 0 Å². The monoisotopic (exact) mass is 264 g/mol. The molecule has 0 aliphatic carbocycles. The summed E-state index contributed by atoms with van der Waals surface area (Å²) in [7, 11) is 0. The molecule has 0 saturated carbocycles. The molecule has 0 fully saturated rings. The molecule has 1 heteroatoms. The van der Waals surface area contributed by atoms with Gasteiger partial charge in [-0.25, -0.2) is 0 Å². The normalized spacial score (nSPS) is 10.1. The Morgan fingerprint density at radius 2 is 1.89 bits per heavy atom. The number of rotatable bonds is 3. The molecule has 0 nitrogen and oxygen atoms in total. The van der Waals surface area contributed by atoms with Crippen molar-refractivity contribution in [1.29, 1.82) is 0 Å². The third-order valence-electron chi connectivity index (χ3n) is 2.27. The molecule has 1 aromatic rings. The van der Waals surface area contributed by atoms with Gasteiger partial charge >= 0.3 is 0 Å². The van der Waals surface area contributed by atoms with Gasteiger partial charge in [-0.1, -0.05) is 68.4 Å². The van der Waals surface area contributed by atoms with Crippen LogP contribution in [0.5, 0.6) is 0 Å². The first kappa shape index (κ1) is 19.4. The Morgan fingerprint density at radius 3 is 2.28 bits per heavy atom. The number of aryl methyl sites for hydroxylation is 1. The van der Waals surface area contributed by atoms with Crippen LogP contribution >= 0.6 is 12.2 Å². The van der Waals surface area contributed by atoms with Crippen molar-refractivity contribution in [1.82, 2.24) is 0 Å². The first-order valence-corrected chi connectivity index (χ1v) is 7.09. The van der Waals surface area contributed by atoms with E-state index in [4.69, 9.17) is 0 Å². The van der Waals surface area contributed by atoms with E-state index in [2.05, 4.69) is 63.8 Å². The van der Waals surface area contributed by atoms with Crippen molar-refractivity contribution >= 4 is 17.6 Å². The van der Waals surface area contributed by atoms with Crippen LogP contribution in [0.3, 0.4) is 0 Å². The Hall–Kier alpha value is -0.950. The third-order valence-corrected chi connectivity index (χ3v) is 2.27. The minimum atomic E-state index is 0.595. The molecule has 0 aliphatic rings. The van der Waals surface area contributed by atoms with Crippen LogP contribution in [-0.4, -0.2) is 5.37 Å². The SMILES string of the molecule is C=C(C)CC(C)c1cccc(C)c1.CC.CC=S. The fourth-order valence-electron chi connectivity index (χ4n) is 1.62. The van der Waals surface area contributed by atoms with Crippen molar-refractivity contribution in [3.8, 4) is 0 Å². The van der Waals surface area contributed by atoms with Gasteiger partial charge in [0.2, 0.25) is 0 Å². The predicted molar refractivity (Wildman–Crippen MR) is 89.7 cm³/mol. The van der Waals surface area contributed by atoms with Gasteiger partial charge in [0.05, 0.1) is 0 Å². The third kappa shape index (κ3) is 10.2. The lowest BCUT2D eigenvalue weighted by atomic mass is 9.94. The Labute approximate surface area is 119 Å². The summed E-state index contributed by atoms with van der Waals surface area (Å²) in [6.07, 6.45) is 1.09. The standard InChI is InChI=1S/C13H18.C2H4S.C2H6/c1-10(2)8-12(4)13-7-5-6-11(3)9-13;1-2-3;1-2/h5-7,9,12H,1,8H2,2-4H3;2H,1H3;1-2H3. The summed E-state index contributed by atoms with van der Waals surface area (Å²) >= 11 is 4.27. The lowest BCUT2D eigenvalue weighted by molar-refractivity contribution is 0.752. The Kier molecular flexibility index (Phi) is 13.5. The number of allylic oxidation sites excluding steroid dienone is 1. The maximum atomic E-state index is 4.27. The first-order chi connectivity index (χ1) is 8.51. The highest BCUT2D eigenvalue weighted by Gasteiger charge is 2.04. The number of benzene rings is 1. The second kappa shape index (κ2) is 12.5. The predicted octanol–water partition coefficient (Wildman–Crippen LogP) is 6.10. The highest BCUT2D eigenvalue weighted by molar-refractivity contribution is 7.78. The molecule has 0 aliphatic heterocycles. The van der Waals surface area contributed by atoms with Gasteiger partial charge in [0.1, 0.15) is 0 Å². The summed E-state index contributed by atoms with van der Waals surface area (Å²) in [4.78, 5) is 0. The Bertz CT molecular complexity index is 339. The molecule has 102 valence electrons. The minimum Gasteiger partial charge on any atom is -0.100 e. The summed E-state index contributed by atoms with van der Waals surface area (Å²) < 4.78 is 0. The Balaban J connectivity index is 0. The second-order valence-corrected chi connectivity index (χ2v) is 4.68. The second-order valence-electron chi connectivity index (χ2n) is 4.21. The van der Waals surface area contributed by atoms with Crippen molar-refractivity contribution in [3.05, 3.63) is 47.5 Å².